The molecule has 3 heterocycles. The van der Waals surface area contributed by atoms with Crippen molar-refractivity contribution in [3.05, 3.63) is 80.7 Å². The zero-order chi connectivity index (χ0) is 23.5. The second kappa shape index (κ2) is 9.90. The summed E-state index contributed by atoms with van der Waals surface area (Å²) in [7, 11) is 0. The zero-order valence-corrected chi connectivity index (χ0v) is 20.3. The second-order valence-corrected chi connectivity index (χ2v) is 10.2. The van der Waals surface area contributed by atoms with Crippen molar-refractivity contribution in [1.29, 1.82) is 0 Å². The van der Waals surface area contributed by atoms with Crippen molar-refractivity contribution in [2.24, 2.45) is 5.10 Å². The van der Waals surface area contributed by atoms with E-state index in [1.165, 1.54) is 22.9 Å². The van der Waals surface area contributed by atoms with Gasteiger partial charge in [-0.05, 0) is 56.4 Å². The number of fused-ring (bicyclic) bond motifs is 3. The highest BCUT2D eigenvalue weighted by atomic mass is 32.2. The molecule has 3 aromatic heterocycles. The van der Waals surface area contributed by atoms with Crippen LogP contribution in [0.5, 0.6) is 0 Å². The van der Waals surface area contributed by atoms with Gasteiger partial charge in [-0.3, -0.25) is 19.1 Å². The lowest BCUT2D eigenvalue weighted by atomic mass is 9.97. The van der Waals surface area contributed by atoms with Crippen LogP contribution in [0.15, 0.2) is 63.8 Å². The number of nitrogens with one attached hydrogen (secondary N) is 1. The summed E-state index contributed by atoms with van der Waals surface area (Å²) >= 11 is 2.85. The first-order valence-electron chi connectivity index (χ1n) is 11.1. The summed E-state index contributed by atoms with van der Waals surface area (Å²) in [6, 6.07) is 11.4. The summed E-state index contributed by atoms with van der Waals surface area (Å²) in [5, 5.41) is 5.23. The van der Waals surface area contributed by atoms with Crippen LogP contribution in [0.25, 0.3) is 15.9 Å². The molecule has 0 aliphatic heterocycles. The number of aryl methyl sites for hydroxylation is 3. The van der Waals surface area contributed by atoms with E-state index in [4.69, 9.17) is 4.98 Å². The molecular weight excluding hydrogens is 466 g/mol. The number of benzene rings is 1. The summed E-state index contributed by atoms with van der Waals surface area (Å²) in [5.74, 6) is -0.195. The van der Waals surface area contributed by atoms with E-state index in [1.807, 2.05) is 37.3 Å². The van der Waals surface area contributed by atoms with Crippen LogP contribution in [0.2, 0.25) is 0 Å². The molecule has 0 fully saturated rings. The van der Waals surface area contributed by atoms with Gasteiger partial charge >= 0.3 is 0 Å². The monoisotopic (exact) mass is 489 g/mol. The summed E-state index contributed by atoms with van der Waals surface area (Å²) in [5.41, 5.74) is 6.27. The topological polar surface area (TPSA) is 89.2 Å². The van der Waals surface area contributed by atoms with Gasteiger partial charge in [-0.15, -0.1) is 11.3 Å². The lowest BCUT2D eigenvalue weighted by molar-refractivity contribution is -0.118. The second-order valence-electron chi connectivity index (χ2n) is 8.13. The van der Waals surface area contributed by atoms with Gasteiger partial charge in [0.2, 0.25) is 0 Å². The van der Waals surface area contributed by atoms with E-state index in [9.17, 15) is 9.59 Å². The normalized spacial score (nSPS) is 13.3. The molecule has 1 aliphatic carbocycles. The van der Waals surface area contributed by atoms with Gasteiger partial charge < -0.3 is 0 Å². The molecule has 0 unspecified atom stereocenters. The maximum atomic E-state index is 13.7. The van der Waals surface area contributed by atoms with Gasteiger partial charge in [0.25, 0.3) is 11.5 Å². The Morgan fingerprint density at radius 1 is 1.24 bits per heavy atom. The number of carbonyl (C=O) groups is 1. The molecule has 0 bridgehead atoms. The van der Waals surface area contributed by atoms with Crippen LogP contribution in [-0.2, 0) is 17.6 Å². The molecule has 172 valence electrons. The molecule has 1 N–H and O–H groups in total. The number of hydrogen-bond acceptors (Lipinski definition) is 7. The lowest BCUT2D eigenvalue weighted by Gasteiger charge is -2.13. The summed E-state index contributed by atoms with van der Waals surface area (Å²) in [6.45, 7) is 2.01. The maximum Gasteiger partial charge on any atom is 0.267 e. The van der Waals surface area contributed by atoms with Crippen molar-refractivity contribution >= 4 is 45.4 Å². The van der Waals surface area contributed by atoms with E-state index in [0.717, 1.165) is 58.3 Å². The minimum absolute atomic E-state index is 0.0641. The number of aromatic nitrogens is 3. The predicted molar refractivity (Wildman–Crippen MR) is 137 cm³/mol. The molecule has 0 spiro atoms. The third-order valence-corrected chi connectivity index (χ3v) is 7.79. The Morgan fingerprint density at radius 3 is 2.85 bits per heavy atom. The largest absolute Gasteiger partial charge is 0.272 e. The van der Waals surface area contributed by atoms with Crippen molar-refractivity contribution < 1.29 is 4.79 Å². The van der Waals surface area contributed by atoms with E-state index in [-0.39, 0.29) is 17.2 Å². The molecule has 0 saturated heterocycles. The Morgan fingerprint density at radius 2 is 2.06 bits per heavy atom. The standard InChI is InChI=1S/C25H23N5O2S2/c1-16-8-10-18(11-9-16)30-24(32)22-19-6-2-3-7-20(19)34-23(22)28-25(30)33-15-21(31)29-27-14-17-5-4-12-26-13-17/h4-5,8-14H,2-3,6-7,15H2,1H3,(H,29,31). The van der Waals surface area contributed by atoms with Gasteiger partial charge in [-0.2, -0.15) is 5.10 Å². The van der Waals surface area contributed by atoms with Crippen LogP contribution in [-0.4, -0.2) is 32.4 Å². The number of rotatable bonds is 6. The van der Waals surface area contributed by atoms with Crippen molar-refractivity contribution in [2.75, 3.05) is 5.75 Å². The lowest BCUT2D eigenvalue weighted by Crippen LogP contribution is -2.24. The Labute approximate surface area is 205 Å². The van der Waals surface area contributed by atoms with E-state index in [2.05, 4.69) is 15.5 Å². The summed E-state index contributed by atoms with van der Waals surface area (Å²) < 4.78 is 1.64. The number of hydrogen-bond donors (Lipinski definition) is 1. The highest BCUT2D eigenvalue weighted by Crippen LogP contribution is 2.35. The minimum Gasteiger partial charge on any atom is -0.272 e. The van der Waals surface area contributed by atoms with Crippen LogP contribution in [0.1, 0.15) is 34.4 Å². The maximum absolute atomic E-state index is 13.7. The number of thioether (sulfide) groups is 1. The summed E-state index contributed by atoms with van der Waals surface area (Å²) in [4.78, 5) is 37.1. The SMILES string of the molecule is Cc1ccc(-n2c(SCC(=O)NN=Cc3cccnc3)nc3sc4c(c3c2=O)CCCC4)cc1. The fraction of sp³-hybridized carbons (Fsp3) is 0.240. The van der Waals surface area contributed by atoms with Crippen LogP contribution in [0, 0.1) is 6.92 Å². The molecule has 9 heteroatoms. The molecule has 7 nitrogen and oxygen atoms in total. The third kappa shape index (κ3) is 4.67. The Kier molecular flexibility index (Phi) is 6.55. The van der Waals surface area contributed by atoms with E-state index in [1.54, 1.807) is 34.4 Å². The average molecular weight is 490 g/mol. The predicted octanol–water partition coefficient (Wildman–Crippen LogP) is 4.27. The number of pyridine rings is 1. The number of carbonyl (C=O) groups excluding carboxylic acids is 1. The number of nitrogens with zero attached hydrogens (tertiary/aromatic N) is 4. The first-order chi connectivity index (χ1) is 16.6. The van der Waals surface area contributed by atoms with Crippen LogP contribution >= 0.6 is 23.1 Å². The van der Waals surface area contributed by atoms with Crippen molar-refractivity contribution in [2.45, 2.75) is 37.8 Å². The van der Waals surface area contributed by atoms with Crippen LogP contribution in [0.3, 0.4) is 0 Å². The van der Waals surface area contributed by atoms with Gasteiger partial charge in [0, 0.05) is 22.8 Å². The van der Waals surface area contributed by atoms with E-state index < -0.39 is 0 Å². The van der Waals surface area contributed by atoms with Crippen LogP contribution in [0.4, 0.5) is 0 Å². The van der Waals surface area contributed by atoms with E-state index in [0.29, 0.717) is 5.16 Å². The fourth-order valence-electron chi connectivity index (χ4n) is 4.00. The van der Waals surface area contributed by atoms with Gasteiger partial charge in [-0.25, -0.2) is 10.4 Å². The molecule has 4 aromatic rings. The van der Waals surface area contributed by atoms with Gasteiger partial charge in [-0.1, -0.05) is 35.5 Å². The Balaban J connectivity index is 1.45. The molecule has 1 aliphatic rings. The minimum atomic E-state index is -0.277. The van der Waals surface area contributed by atoms with Crippen molar-refractivity contribution in [3.8, 4) is 5.69 Å². The highest BCUT2D eigenvalue weighted by molar-refractivity contribution is 7.99. The fourth-order valence-corrected chi connectivity index (χ4v) is 6.11. The van der Waals surface area contributed by atoms with Crippen molar-refractivity contribution in [3.63, 3.8) is 0 Å². The number of amides is 1. The van der Waals surface area contributed by atoms with Crippen molar-refractivity contribution in [1.82, 2.24) is 20.0 Å². The zero-order valence-electron chi connectivity index (χ0n) is 18.7. The Bertz CT molecular complexity index is 1430. The molecule has 5 rings (SSSR count). The van der Waals surface area contributed by atoms with E-state index >= 15 is 0 Å². The van der Waals surface area contributed by atoms with Gasteiger partial charge in [0.15, 0.2) is 5.16 Å². The van der Waals surface area contributed by atoms with Crippen LogP contribution < -0.4 is 11.0 Å². The average Bonchev–Trinajstić information content (AvgIpc) is 3.23. The van der Waals surface area contributed by atoms with Gasteiger partial charge in [0.05, 0.1) is 23.0 Å². The summed E-state index contributed by atoms with van der Waals surface area (Å²) in [6.07, 6.45) is 9.03. The smallest absolute Gasteiger partial charge is 0.267 e. The number of thiophene rings is 1. The first kappa shape index (κ1) is 22.5. The van der Waals surface area contributed by atoms with Gasteiger partial charge in [0.1, 0.15) is 4.83 Å². The molecule has 0 radical (unpaired) electrons. The molecular formula is C25H23N5O2S2. The quantitative estimate of drug-likeness (QED) is 0.189. The molecule has 1 amide bonds. The first-order valence-corrected chi connectivity index (χ1v) is 12.9. The molecule has 0 atom stereocenters. The Hall–Kier alpha value is -3.30. The third-order valence-electron chi connectivity index (χ3n) is 5.67. The number of hydrazone groups is 1. The highest BCUT2D eigenvalue weighted by Gasteiger charge is 2.23. The molecule has 0 saturated carbocycles. The molecule has 1 aromatic carbocycles. The molecule has 34 heavy (non-hydrogen) atoms.